The Morgan fingerprint density at radius 3 is 2.72 bits per heavy atom. The third kappa shape index (κ3) is 2.15. The first-order valence-corrected chi connectivity index (χ1v) is 6.85. The molecule has 2 aromatic rings. The highest BCUT2D eigenvalue weighted by Crippen LogP contribution is 2.36. The van der Waals surface area contributed by atoms with Crippen LogP contribution in [0.15, 0.2) is 16.6 Å². The molecule has 18 heavy (non-hydrogen) atoms. The molecule has 0 aliphatic carbocycles. The lowest BCUT2D eigenvalue weighted by Gasteiger charge is -2.08. The van der Waals surface area contributed by atoms with Gasteiger partial charge in [0.1, 0.15) is 5.75 Å². The zero-order valence-corrected chi connectivity index (χ0v) is 12.9. The predicted octanol–water partition coefficient (Wildman–Crippen LogP) is 3.02. The number of nitrogens with one attached hydrogen (secondary N) is 1. The van der Waals surface area contributed by atoms with Crippen LogP contribution in [0.1, 0.15) is 11.3 Å². The van der Waals surface area contributed by atoms with Gasteiger partial charge in [0.25, 0.3) is 0 Å². The molecule has 0 amide bonds. The number of hydrogen-bond acceptors (Lipinski definition) is 2. The Kier molecular flexibility index (Phi) is 3.97. The molecule has 0 aliphatic rings. The highest BCUT2D eigenvalue weighted by Gasteiger charge is 2.16. The largest absolute Gasteiger partial charge is 0.495 e. The van der Waals surface area contributed by atoms with E-state index in [2.05, 4.69) is 51.9 Å². The van der Waals surface area contributed by atoms with E-state index in [-0.39, 0.29) is 0 Å². The number of aromatic nitrogens is 1. The molecule has 0 bridgehead atoms. The van der Waals surface area contributed by atoms with Gasteiger partial charge in [0, 0.05) is 35.6 Å². The minimum atomic E-state index is 0.934. The molecule has 98 valence electrons. The van der Waals surface area contributed by atoms with Crippen LogP contribution in [0.5, 0.6) is 5.75 Å². The Morgan fingerprint density at radius 2 is 2.11 bits per heavy atom. The van der Waals surface area contributed by atoms with Crippen LogP contribution in [0.2, 0.25) is 0 Å². The smallest absolute Gasteiger partial charge is 0.143 e. The first kappa shape index (κ1) is 13.4. The van der Waals surface area contributed by atoms with Gasteiger partial charge in [-0.2, -0.15) is 0 Å². The van der Waals surface area contributed by atoms with Gasteiger partial charge in [-0.05, 0) is 47.6 Å². The summed E-state index contributed by atoms with van der Waals surface area (Å²) in [7, 11) is 5.79. The van der Waals surface area contributed by atoms with E-state index in [9.17, 15) is 0 Å². The quantitative estimate of drug-likeness (QED) is 0.939. The number of hydrogen-bond donors (Lipinski definition) is 1. The van der Waals surface area contributed by atoms with Crippen molar-refractivity contribution in [1.29, 1.82) is 0 Å². The minimum Gasteiger partial charge on any atom is -0.495 e. The molecule has 0 saturated heterocycles. The molecule has 1 heterocycles. The van der Waals surface area contributed by atoms with Gasteiger partial charge in [-0.3, -0.25) is 0 Å². The van der Waals surface area contributed by atoms with E-state index in [4.69, 9.17) is 4.74 Å². The Hall–Kier alpha value is -1.00. The van der Waals surface area contributed by atoms with Crippen molar-refractivity contribution in [3.05, 3.63) is 27.9 Å². The average Bonchev–Trinajstić information content (AvgIpc) is 2.59. The number of benzene rings is 1. The summed E-state index contributed by atoms with van der Waals surface area (Å²) in [5, 5.41) is 4.41. The first-order valence-electron chi connectivity index (χ1n) is 6.06. The molecule has 0 fully saturated rings. The molecule has 1 aromatic heterocycles. The zero-order chi connectivity index (χ0) is 13.3. The standard InChI is InChI=1S/C14H19BrN2O/c1-9-7-10-13(15)11(5-6-16-2)17(3)14(10)12(8-9)18-4/h7-8,16H,5-6H2,1-4H3. The molecule has 0 unspecified atom stereocenters. The average molecular weight is 311 g/mol. The Morgan fingerprint density at radius 1 is 1.39 bits per heavy atom. The van der Waals surface area contributed by atoms with Crippen LogP contribution in [0, 0.1) is 6.92 Å². The van der Waals surface area contributed by atoms with E-state index < -0.39 is 0 Å². The lowest BCUT2D eigenvalue weighted by molar-refractivity contribution is 0.417. The summed E-state index contributed by atoms with van der Waals surface area (Å²) in [6, 6.07) is 4.28. The third-order valence-electron chi connectivity index (χ3n) is 3.28. The van der Waals surface area contributed by atoms with E-state index in [1.807, 2.05) is 7.05 Å². The highest BCUT2D eigenvalue weighted by molar-refractivity contribution is 9.10. The second kappa shape index (κ2) is 5.33. The molecule has 3 nitrogen and oxygen atoms in total. The number of ether oxygens (including phenoxy) is 1. The second-order valence-corrected chi connectivity index (χ2v) is 5.33. The fourth-order valence-electron chi connectivity index (χ4n) is 2.37. The molecular weight excluding hydrogens is 292 g/mol. The number of nitrogens with zero attached hydrogens (tertiary/aromatic N) is 1. The van der Waals surface area contributed by atoms with Crippen LogP contribution in [-0.4, -0.2) is 25.3 Å². The van der Waals surface area contributed by atoms with Gasteiger partial charge in [-0.1, -0.05) is 0 Å². The van der Waals surface area contributed by atoms with Crippen molar-refractivity contribution >= 4 is 26.8 Å². The third-order valence-corrected chi connectivity index (χ3v) is 4.17. The van der Waals surface area contributed by atoms with Gasteiger partial charge < -0.3 is 14.6 Å². The number of rotatable bonds is 4. The molecule has 0 radical (unpaired) electrons. The van der Waals surface area contributed by atoms with Crippen molar-refractivity contribution in [2.24, 2.45) is 7.05 Å². The van der Waals surface area contributed by atoms with Crippen molar-refractivity contribution in [1.82, 2.24) is 9.88 Å². The fourth-order valence-corrected chi connectivity index (χ4v) is 3.14. The summed E-state index contributed by atoms with van der Waals surface area (Å²) in [5.74, 6) is 0.934. The predicted molar refractivity (Wildman–Crippen MR) is 79.5 cm³/mol. The molecular formula is C14H19BrN2O. The van der Waals surface area contributed by atoms with Crippen LogP contribution in [0.4, 0.5) is 0 Å². The van der Waals surface area contributed by atoms with Gasteiger partial charge in [0.15, 0.2) is 0 Å². The fraction of sp³-hybridized carbons (Fsp3) is 0.429. The van der Waals surface area contributed by atoms with Crippen molar-refractivity contribution < 1.29 is 4.74 Å². The molecule has 0 saturated carbocycles. The molecule has 0 spiro atoms. The number of aryl methyl sites for hydroxylation is 2. The van der Waals surface area contributed by atoms with Gasteiger partial charge in [0.05, 0.1) is 12.6 Å². The maximum Gasteiger partial charge on any atom is 0.143 e. The van der Waals surface area contributed by atoms with Crippen molar-refractivity contribution in [3.63, 3.8) is 0 Å². The van der Waals surface area contributed by atoms with E-state index in [1.165, 1.54) is 21.1 Å². The summed E-state index contributed by atoms with van der Waals surface area (Å²) in [6.07, 6.45) is 0.991. The Labute approximate surface area is 116 Å². The lowest BCUT2D eigenvalue weighted by Crippen LogP contribution is -2.12. The van der Waals surface area contributed by atoms with Crippen LogP contribution < -0.4 is 10.1 Å². The highest BCUT2D eigenvalue weighted by atomic mass is 79.9. The second-order valence-electron chi connectivity index (χ2n) is 4.54. The van der Waals surface area contributed by atoms with Gasteiger partial charge in [-0.15, -0.1) is 0 Å². The molecule has 0 atom stereocenters. The van der Waals surface area contributed by atoms with E-state index in [1.54, 1.807) is 7.11 Å². The SMILES string of the molecule is CNCCc1c(Br)c2cc(C)cc(OC)c2n1C. The number of likely N-dealkylation sites (N-methyl/N-ethyl adjacent to an activating group) is 1. The first-order chi connectivity index (χ1) is 8.60. The summed E-state index contributed by atoms with van der Waals surface area (Å²) < 4.78 is 8.90. The summed E-state index contributed by atoms with van der Waals surface area (Å²) >= 11 is 3.73. The van der Waals surface area contributed by atoms with Crippen LogP contribution in [0.25, 0.3) is 10.9 Å². The summed E-state index contributed by atoms with van der Waals surface area (Å²) in [4.78, 5) is 0. The molecule has 1 aromatic carbocycles. The molecule has 0 aliphatic heterocycles. The van der Waals surface area contributed by atoms with Crippen molar-refractivity contribution in [3.8, 4) is 5.75 Å². The van der Waals surface area contributed by atoms with Crippen molar-refractivity contribution in [2.45, 2.75) is 13.3 Å². The number of fused-ring (bicyclic) bond motifs is 1. The van der Waals surface area contributed by atoms with E-state index >= 15 is 0 Å². The van der Waals surface area contributed by atoms with Gasteiger partial charge >= 0.3 is 0 Å². The maximum atomic E-state index is 5.50. The molecule has 4 heteroatoms. The normalized spacial score (nSPS) is 11.2. The molecule has 2 rings (SSSR count). The van der Waals surface area contributed by atoms with E-state index in [0.29, 0.717) is 0 Å². The topological polar surface area (TPSA) is 26.2 Å². The van der Waals surface area contributed by atoms with Crippen LogP contribution in [0.3, 0.4) is 0 Å². The lowest BCUT2D eigenvalue weighted by atomic mass is 10.1. The summed E-state index contributed by atoms with van der Waals surface area (Å²) in [6.45, 7) is 3.05. The molecule has 1 N–H and O–H groups in total. The Bertz CT molecular complexity index is 575. The van der Waals surface area contributed by atoms with Gasteiger partial charge in [-0.25, -0.2) is 0 Å². The zero-order valence-electron chi connectivity index (χ0n) is 11.3. The maximum absolute atomic E-state index is 5.50. The monoisotopic (exact) mass is 310 g/mol. The number of halogens is 1. The number of methoxy groups -OCH3 is 1. The van der Waals surface area contributed by atoms with Crippen LogP contribution in [-0.2, 0) is 13.5 Å². The van der Waals surface area contributed by atoms with Crippen LogP contribution >= 0.6 is 15.9 Å². The summed E-state index contributed by atoms with van der Waals surface area (Å²) in [5.41, 5.74) is 3.66. The van der Waals surface area contributed by atoms with Gasteiger partial charge in [0.2, 0.25) is 0 Å². The minimum absolute atomic E-state index is 0.934. The van der Waals surface area contributed by atoms with E-state index in [0.717, 1.165) is 24.2 Å². The van der Waals surface area contributed by atoms with Crippen molar-refractivity contribution in [2.75, 3.05) is 20.7 Å². The Balaban J connectivity index is 2.68.